The molecule has 2 aromatic heterocycles. The van der Waals surface area contributed by atoms with Crippen molar-refractivity contribution in [1.82, 2.24) is 14.5 Å². The van der Waals surface area contributed by atoms with E-state index in [0.717, 1.165) is 5.69 Å². The number of hydrogen-bond acceptors (Lipinski definition) is 6. The molecular formula is C19H17N5O3. The summed E-state index contributed by atoms with van der Waals surface area (Å²) in [7, 11) is 1.59. The van der Waals surface area contributed by atoms with Gasteiger partial charge in [0.1, 0.15) is 24.1 Å². The second kappa shape index (κ2) is 8.60. The zero-order chi connectivity index (χ0) is 19.1. The Morgan fingerprint density at radius 3 is 2.85 bits per heavy atom. The van der Waals surface area contributed by atoms with Gasteiger partial charge in [-0.25, -0.2) is 9.97 Å². The molecule has 0 bridgehead atoms. The van der Waals surface area contributed by atoms with E-state index in [1.54, 1.807) is 48.6 Å². The third-order valence-electron chi connectivity index (χ3n) is 3.65. The summed E-state index contributed by atoms with van der Waals surface area (Å²) in [6.07, 6.45) is 6.51. The summed E-state index contributed by atoms with van der Waals surface area (Å²) in [4.78, 5) is 20.6. The van der Waals surface area contributed by atoms with Crippen molar-refractivity contribution < 1.29 is 14.3 Å². The van der Waals surface area contributed by atoms with Crippen molar-refractivity contribution in [1.29, 1.82) is 5.26 Å². The molecule has 27 heavy (non-hydrogen) atoms. The fourth-order valence-electron chi connectivity index (χ4n) is 2.34. The largest absolute Gasteiger partial charge is 0.491 e. The first-order valence-electron chi connectivity index (χ1n) is 8.12. The van der Waals surface area contributed by atoms with E-state index in [0.29, 0.717) is 30.2 Å². The summed E-state index contributed by atoms with van der Waals surface area (Å²) in [6, 6.07) is 10.3. The number of nitriles is 1. The number of nitrogens with one attached hydrogen (secondary N) is 1. The first-order valence-corrected chi connectivity index (χ1v) is 8.12. The number of pyridine rings is 1. The van der Waals surface area contributed by atoms with Crippen LogP contribution >= 0.6 is 0 Å². The summed E-state index contributed by atoms with van der Waals surface area (Å²) < 4.78 is 12.4. The zero-order valence-electron chi connectivity index (χ0n) is 14.6. The molecule has 0 spiro atoms. The van der Waals surface area contributed by atoms with Crippen molar-refractivity contribution in [2.45, 2.75) is 0 Å². The van der Waals surface area contributed by atoms with Crippen LogP contribution in [0.3, 0.4) is 0 Å². The number of ether oxygens (including phenoxy) is 2. The van der Waals surface area contributed by atoms with E-state index in [1.807, 2.05) is 12.1 Å². The highest BCUT2D eigenvalue weighted by Gasteiger charge is 2.11. The fourth-order valence-corrected chi connectivity index (χ4v) is 2.34. The molecule has 0 radical (unpaired) electrons. The van der Waals surface area contributed by atoms with E-state index < -0.39 is 0 Å². The number of carbonyl (C=O) groups is 1. The summed E-state index contributed by atoms with van der Waals surface area (Å²) in [6.45, 7) is 0.804. The van der Waals surface area contributed by atoms with Gasteiger partial charge >= 0.3 is 0 Å². The highest BCUT2D eigenvalue weighted by atomic mass is 16.5. The second-order valence-electron chi connectivity index (χ2n) is 5.52. The number of carbonyl (C=O) groups excluding carboxylic acids is 1. The molecule has 1 amide bonds. The highest BCUT2D eigenvalue weighted by Crippen LogP contribution is 2.21. The van der Waals surface area contributed by atoms with Crippen molar-refractivity contribution in [3.8, 4) is 17.5 Å². The predicted octanol–water partition coefficient (Wildman–Crippen LogP) is 2.42. The van der Waals surface area contributed by atoms with Crippen LogP contribution in [0, 0.1) is 11.3 Å². The quantitative estimate of drug-likeness (QED) is 0.647. The van der Waals surface area contributed by atoms with Gasteiger partial charge in [0.05, 0.1) is 30.5 Å². The Kier molecular flexibility index (Phi) is 5.77. The molecule has 0 unspecified atom stereocenters. The SMILES string of the molecule is COCCOc1cc(C(=O)Nc2ccc(C#N)nc2)cc(-n2ccnc2)c1. The van der Waals surface area contributed by atoms with Crippen LogP contribution in [-0.4, -0.2) is 40.8 Å². The van der Waals surface area contributed by atoms with Crippen molar-refractivity contribution in [3.05, 3.63) is 66.5 Å². The normalized spacial score (nSPS) is 10.2. The summed E-state index contributed by atoms with van der Waals surface area (Å²) >= 11 is 0. The molecule has 8 nitrogen and oxygen atoms in total. The van der Waals surface area contributed by atoms with Gasteiger partial charge in [-0.05, 0) is 24.3 Å². The third-order valence-corrected chi connectivity index (χ3v) is 3.65. The molecule has 8 heteroatoms. The average molecular weight is 363 g/mol. The highest BCUT2D eigenvalue weighted by molar-refractivity contribution is 6.04. The van der Waals surface area contributed by atoms with Crippen LogP contribution in [0.4, 0.5) is 5.69 Å². The van der Waals surface area contributed by atoms with Crippen molar-refractivity contribution in [2.24, 2.45) is 0 Å². The lowest BCUT2D eigenvalue weighted by molar-refractivity contribution is 0.102. The molecule has 0 aliphatic carbocycles. The van der Waals surface area contributed by atoms with Gasteiger partial charge in [0, 0.05) is 31.1 Å². The van der Waals surface area contributed by atoms with Crippen LogP contribution < -0.4 is 10.1 Å². The number of imidazole rings is 1. The van der Waals surface area contributed by atoms with Gasteiger partial charge in [-0.2, -0.15) is 5.26 Å². The number of benzene rings is 1. The van der Waals surface area contributed by atoms with Gasteiger partial charge in [0.15, 0.2) is 0 Å². The van der Waals surface area contributed by atoms with Crippen molar-refractivity contribution in [2.75, 3.05) is 25.6 Å². The van der Waals surface area contributed by atoms with Gasteiger partial charge in [-0.1, -0.05) is 0 Å². The first-order chi connectivity index (χ1) is 13.2. The van der Waals surface area contributed by atoms with Crippen molar-refractivity contribution in [3.63, 3.8) is 0 Å². The third kappa shape index (κ3) is 4.68. The Morgan fingerprint density at radius 1 is 1.30 bits per heavy atom. The molecule has 136 valence electrons. The lowest BCUT2D eigenvalue weighted by atomic mass is 10.1. The van der Waals surface area contributed by atoms with Gasteiger partial charge in [-0.3, -0.25) is 4.79 Å². The molecule has 0 atom stereocenters. The molecule has 0 saturated carbocycles. The molecule has 1 aromatic carbocycles. The number of rotatable bonds is 7. The molecule has 1 N–H and O–H groups in total. The summed E-state index contributed by atoms with van der Waals surface area (Å²) in [5.74, 6) is 0.224. The molecule has 0 aliphatic heterocycles. The lowest BCUT2D eigenvalue weighted by Gasteiger charge is -2.12. The van der Waals surface area contributed by atoms with Crippen molar-refractivity contribution >= 4 is 11.6 Å². The maximum Gasteiger partial charge on any atom is 0.255 e. The predicted molar refractivity (Wildman–Crippen MR) is 97.8 cm³/mol. The maximum atomic E-state index is 12.7. The number of nitrogens with zero attached hydrogens (tertiary/aromatic N) is 4. The van der Waals surface area contributed by atoms with E-state index in [9.17, 15) is 4.79 Å². The van der Waals surface area contributed by atoms with E-state index in [-0.39, 0.29) is 11.6 Å². The molecule has 3 aromatic rings. The van der Waals surface area contributed by atoms with E-state index in [1.165, 1.54) is 12.3 Å². The van der Waals surface area contributed by atoms with Gasteiger partial charge in [0.25, 0.3) is 5.91 Å². The zero-order valence-corrected chi connectivity index (χ0v) is 14.6. The van der Waals surface area contributed by atoms with Crippen LogP contribution in [0.2, 0.25) is 0 Å². The van der Waals surface area contributed by atoms with Gasteiger partial charge < -0.3 is 19.4 Å². The standard InChI is InChI=1S/C19H17N5O3/c1-26-6-7-27-18-9-14(8-17(10-18)24-5-4-21-13-24)19(25)23-16-3-2-15(11-20)22-12-16/h2-5,8-10,12-13H,6-7H2,1H3,(H,23,25). The second-order valence-corrected chi connectivity index (χ2v) is 5.52. The number of methoxy groups -OCH3 is 1. The molecule has 0 aliphatic rings. The lowest BCUT2D eigenvalue weighted by Crippen LogP contribution is -2.13. The topological polar surface area (TPSA) is 102 Å². The van der Waals surface area contributed by atoms with Crippen LogP contribution in [0.15, 0.2) is 55.2 Å². The monoisotopic (exact) mass is 363 g/mol. The number of aromatic nitrogens is 3. The summed E-state index contributed by atoms with van der Waals surface area (Å²) in [5, 5.41) is 11.6. The Balaban J connectivity index is 1.85. The molecule has 0 saturated heterocycles. The molecule has 2 heterocycles. The van der Waals surface area contributed by atoms with E-state index >= 15 is 0 Å². The van der Waals surface area contributed by atoms with Crippen LogP contribution in [0.1, 0.15) is 16.1 Å². The smallest absolute Gasteiger partial charge is 0.255 e. The van der Waals surface area contributed by atoms with E-state index in [4.69, 9.17) is 14.7 Å². The fraction of sp³-hybridized carbons (Fsp3) is 0.158. The number of hydrogen-bond donors (Lipinski definition) is 1. The van der Waals surface area contributed by atoms with Crippen LogP contribution in [0.5, 0.6) is 5.75 Å². The minimum absolute atomic E-state index is 0.281. The number of anilines is 1. The molecular weight excluding hydrogens is 346 g/mol. The van der Waals surface area contributed by atoms with Crippen LogP contribution in [0.25, 0.3) is 5.69 Å². The van der Waals surface area contributed by atoms with Gasteiger partial charge in [0.2, 0.25) is 0 Å². The Morgan fingerprint density at radius 2 is 2.19 bits per heavy atom. The minimum Gasteiger partial charge on any atom is -0.491 e. The van der Waals surface area contributed by atoms with Crippen LogP contribution in [-0.2, 0) is 4.74 Å². The molecule has 3 rings (SSSR count). The first kappa shape index (κ1) is 18.1. The summed E-state index contributed by atoms with van der Waals surface area (Å²) in [5.41, 5.74) is 1.93. The Labute approximate surface area is 156 Å². The minimum atomic E-state index is -0.319. The average Bonchev–Trinajstić information content (AvgIpc) is 3.23. The Hall–Kier alpha value is -3.70. The molecule has 0 fully saturated rings. The van der Waals surface area contributed by atoms with Gasteiger partial charge in [-0.15, -0.1) is 0 Å². The van der Waals surface area contributed by atoms with E-state index in [2.05, 4.69) is 15.3 Å². The Bertz CT molecular complexity index is 946. The maximum absolute atomic E-state index is 12.7. The number of amides is 1.